The van der Waals surface area contributed by atoms with Gasteiger partial charge in [-0.15, -0.1) is 0 Å². The average Bonchev–Trinajstić information content (AvgIpc) is 2.80. The van der Waals surface area contributed by atoms with Gasteiger partial charge in [-0.25, -0.2) is 0 Å². The van der Waals surface area contributed by atoms with Crippen molar-refractivity contribution >= 4 is 52.2 Å². The molecular weight excluding hydrogens is 485 g/mol. The van der Waals surface area contributed by atoms with E-state index in [0.29, 0.717) is 32.5 Å². The van der Waals surface area contributed by atoms with Crippen LogP contribution < -0.4 is 10.2 Å². The first kappa shape index (κ1) is 25.3. The quantitative estimate of drug-likeness (QED) is 0.420. The molecule has 0 saturated heterocycles. The molecule has 2 amide bonds. The Morgan fingerprint density at radius 3 is 2.15 bits per heavy atom. The van der Waals surface area contributed by atoms with E-state index in [1.54, 1.807) is 49.5 Å². The first-order valence-corrected chi connectivity index (χ1v) is 10.9. The van der Waals surface area contributed by atoms with Gasteiger partial charge in [-0.1, -0.05) is 47.5 Å². The van der Waals surface area contributed by atoms with Gasteiger partial charge in [0, 0.05) is 35.8 Å². The fraction of sp³-hybridized carbons (Fsp3) is 0.160. The van der Waals surface area contributed by atoms with Crippen LogP contribution in [-0.2, 0) is 21.9 Å². The maximum Gasteiger partial charge on any atom is 0.330 e. The van der Waals surface area contributed by atoms with Crippen molar-refractivity contribution in [2.45, 2.75) is 19.3 Å². The summed E-state index contributed by atoms with van der Waals surface area (Å²) in [6.07, 6.45) is -0.0530. The molecule has 0 fully saturated rings. The van der Waals surface area contributed by atoms with Crippen molar-refractivity contribution in [3.05, 3.63) is 93.5 Å². The van der Waals surface area contributed by atoms with Crippen molar-refractivity contribution < 1.29 is 23.2 Å². The molecular formula is C25H20Cl2F2N2O3. The Morgan fingerprint density at radius 2 is 1.56 bits per heavy atom. The van der Waals surface area contributed by atoms with Gasteiger partial charge in [0.1, 0.15) is 0 Å². The van der Waals surface area contributed by atoms with Gasteiger partial charge in [0.25, 0.3) is 5.91 Å². The second-order valence-electron chi connectivity index (χ2n) is 7.59. The monoisotopic (exact) mass is 504 g/mol. The predicted octanol–water partition coefficient (Wildman–Crippen LogP) is 6.13. The van der Waals surface area contributed by atoms with Crippen molar-refractivity contribution in [2.75, 3.05) is 17.3 Å². The summed E-state index contributed by atoms with van der Waals surface area (Å²) in [4.78, 5) is 37.6. The number of carbonyl (C=O) groups excluding carboxylic acids is 3. The molecule has 0 radical (unpaired) electrons. The molecule has 3 aromatic rings. The number of ketones is 1. The lowest BCUT2D eigenvalue weighted by atomic mass is 10.0. The summed E-state index contributed by atoms with van der Waals surface area (Å²) < 4.78 is 27.5. The van der Waals surface area contributed by atoms with E-state index in [1.165, 1.54) is 17.0 Å². The zero-order valence-electron chi connectivity index (χ0n) is 18.2. The molecule has 0 aliphatic heterocycles. The van der Waals surface area contributed by atoms with Gasteiger partial charge in [0.05, 0.1) is 17.1 Å². The number of hydrogen-bond acceptors (Lipinski definition) is 3. The molecule has 176 valence electrons. The van der Waals surface area contributed by atoms with Gasteiger partial charge in [-0.05, 0) is 48.0 Å². The summed E-state index contributed by atoms with van der Waals surface area (Å²) in [5.74, 6) is -5.49. The van der Waals surface area contributed by atoms with Gasteiger partial charge in [-0.2, -0.15) is 8.78 Å². The number of halogens is 4. The van der Waals surface area contributed by atoms with Crippen molar-refractivity contribution in [1.29, 1.82) is 0 Å². The molecule has 0 heterocycles. The molecule has 0 spiro atoms. The zero-order valence-corrected chi connectivity index (χ0v) is 19.8. The topological polar surface area (TPSA) is 66.5 Å². The molecule has 0 bridgehead atoms. The van der Waals surface area contributed by atoms with Crippen LogP contribution in [0.1, 0.15) is 28.4 Å². The number of nitrogens with one attached hydrogen (secondary N) is 1. The van der Waals surface area contributed by atoms with Crippen LogP contribution in [0.2, 0.25) is 10.0 Å². The molecule has 34 heavy (non-hydrogen) atoms. The second-order valence-corrected chi connectivity index (χ2v) is 8.43. The van der Waals surface area contributed by atoms with Crippen molar-refractivity contribution in [3.63, 3.8) is 0 Å². The van der Waals surface area contributed by atoms with E-state index in [4.69, 9.17) is 23.2 Å². The number of nitrogens with zero attached hydrogens (tertiary/aromatic N) is 1. The third-order valence-electron chi connectivity index (χ3n) is 5.11. The molecule has 9 heteroatoms. The Bertz CT molecular complexity index is 1230. The van der Waals surface area contributed by atoms with Crippen LogP contribution in [0.15, 0.2) is 66.7 Å². The van der Waals surface area contributed by atoms with Gasteiger partial charge in [0.15, 0.2) is 0 Å². The number of amides is 2. The first-order valence-electron chi connectivity index (χ1n) is 10.1. The maximum atomic E-state index is 13.8. The zero-order chi connectivity index (χ0) is 25.0. The summed E-state index contributed by atoms with van der Waals surface area (Å²) in [6.45, 7) is 0.824. The minimum atomic E-state index is -3.56. The minimum absolute atomic E-state index is 0.0530. The molecule has 3 aromatic carbocycles. The number of alkyl halides is 2. The van der Waals surface area contributed by atoms with Gasteiger partial charge in [0.2, 0.25) is 11.7 Å². The predicted molar refractivity (Wildman–Crippen MR) is 129 cm³/mol. The normalized spacial score (nSPS) is 11.1. The van der Waals surface area contributed by atoms with Crippen LogP contribution in [0.4, 0.5) is 20.2 Å². The summed E-state index contributed by atoms with van der Waals surface area (Å²) in [7, 11) is 1.58. The Morgan fingerprint density at radius 1 is 0.941 bits per heavy atom. The lowest BCUT2D eigenvalue weighted by Gasteiger charge is -2.19. The summed E-state index contributed by atoms with van der Waals surface area (Å²) >= 11 is 12.2. The highest BCUT2D eigenvalue weighted by Crippen LogP contribution is 2.30. The lowest BCUT2D eigenvalue weighted by molar-refractivity contribution is -0.141. The number of anilines is 2. The Labute approximate surface area is 205 Å². The molecule has 5 nitrogen and oxygen atoms in total. The first-order chi connectivity index (χ1) is 16.0. The van der Waals surface area contributed by atoms with E-state index in [2.05, 4.69) is 5.32 Å². The molecule has 0 aliphatic carbocycles. The largest absolute Gasteiger partial charge is 0.330 e. The Kier molecular flexibility index (Phi) is 7.69. The van der Waals surface area contributed by atoms with E-state index >= 15 is 0 Å². The number of Topliss-reactive ketones (excluding diaryl/α,β-unsaturated/α-hetero) is 1. The molecule has 0 saturated carbocycles. The fourth-order valence-electron chi connectivity index (χ4n) is 3.17. The second kappa shape index (κ2) is 10.3. The van der Waals surface area contributed by atoms with E-state index in [1.807, 2.05) is 0 Å². The van der Waals surface area contributed by atoms with E-state index < -0.39 is 17.3 Å². The average molecular weight is 505 g/mol. The molecule has 0 aliphatic rings. The number of carbonyl (C=O) groups is 3. The van der Waals surface area contributed by atoms with Crippen LogP contribution in [0.25, 0.3) is 0 Å². The number of rotatable bonds is 7. The van der Waals surface area contributed by atoms with Crippen molar-refractivity contribution in [1.82, 2.24) is 0 Å². The third kappa shape index (κ3) is 5.79. The molecule has 1 N–H and O–H groups in total. The summed E-state index contributed by atoms with van der Waals surface area (Å²) in [5, 5.41) is 3.51. The number of hydrogen-bond donors (Lipinski definition) is 1. The third-order valence-corrected chi connectivity index (χ3v) is 5.67. The highest BCUT2D eigenvalue weighted by atomic mass is 35.5. The molecule has 3 rings (SSSR count). The van der Waals surface area contributed by atoms with Gasteiger partial charge < -0.3 is 10.2 Å². The lowest BCUT2D eigenvalue weighted by Crippen LogP contribution is -2.26. The van der Waals surface area contributed by atoms with E-state index in [-0.39, 0.29) is 18.2 Å². The molecule has 0 aromatic heterocycles. The Hall–Kier alpha value is -3.29. The van der Waals surface area contributed by atoms with Gasteiger partial charge >= 0.3 is 5.92 Å². The summed E-state index contributed by atoms with van der Waals surface area (Å²) in [5.41, 5.74) is 1.38. The van der Waals surface area contributed by atoms with Crippen LogP contribution in [0.5, 0.6) is 0 Å². The van der Waals surface area contributed by atoms with E-state index in [9.17, 15) is 23.2 Å². The highest BCUT2D eigenvalue weighted by molar-refractivity contribution is 6.36. The van der Waals surface area contributed by atoms with Crippen LogP contribution in [-0.4, -0.2) is 24.6 Å². The van der Waals surface area contributed by atoms with Gasteiger partial charge in [-0.3, -0.25) is 14.4 Å². The van der Waals surface area contributed by atoms with Crippen LogP contribution in [0, 0.1) is 0 Å². The van der Waals surface area contributed by atoms with Crippen molar-refractivity contribution in [3.8, 4) is 0 Å². The summed E-state index contributed by atoms with van der Waals surface area (Å²) in [6, 6.07) is 16.1. The standard InChI is InChI=1S/C25H20Cl2F2N2O3/c1-15(32)25(28,29)18-7-3-16(4-8-18)13-23(33)30-20-10-5-17(6-11-20)24(34)31(2)22-14-19(26)9-12-21(22)27/h3-12,14H,13H2,1-2H3,(H,30,33). The SMILES string of the molecule is CC(=O)C(F)(F)c1ccc(CC(=O)Nc2ccc(C(=O)N(C)c3cc(Cl)ccc3Cl)cc2)cc1. The highest BCUT2D eigenvalue weighted by Gasteiger charge is 2.37. The molecule has 0 atom stereocenters. The maximum absolute atomic E-state index is 13.8. The van der Waals surface area contributed by atoms with Crippen LogP contribution >= 0.6 is 23.2 Å². The number of benzene rings is 3. The smallest absolute Gasteiger partial charge is 0.326 e. The van der Waals surface area contributed by atoms with Crippen LogP contribution in [0.3, 0.4) is 0 Å². The molecule has 0 unspecified atom stereocenters. The van der Waals surface area contributed by atoms with Crippen molar-refractivity contribution in [2.24, 2.45) is 0 Å². The Balaban J connectivity index is 1.63. The minimum Gasteiger partial charge on any atom is -0.326 e. The fourth-order valence-corrected chi connectivity index (χ4v) is 3.58. The van der Waals surface area contributed by atoms with E-state index in [0.717, 1.165) is 19.1 Å².